The number of hydrogen-bond acceptors (Lipinski definition) is 5. The van der Waals surface area contributed by atoms with Crippen molar-refractivity contribution in [3.8, 4) is 11.6 Å². The van der Waals surface area contributed by atoms with E-state index in [0.29, 0.717) is 36.1 Å². The predicted octanol–water partition coefficient (Wildman–Crippen LogP) is 3.64. The van der Waals surface area contributed by atoms with Crippen LogP contribution in [-0.2, 0) is 6.54 Å². The summed E-state index contributed by atoms with van der Waals surface area (Å²) in [5, 5.41) is 4.32. The van der Waals surface area contributed by atoms with E-state index in [0.717, 1.165) is 19.4 Å². The fraction of sp³-hybridized carbons (Fsp3) is 0.333. The van der Waals surface area contributed by atoms with E-state index in [1.54, 1.807) is 40.2 Å². The summed E-state index contributed by atoms with van der Waals surface area (Å²) in [7, 11) is 0. The highest BCUT2D eigenvalue weighted by molar-refractivity contribution is 5.92. The summed E-state index contributed by atoms with van der Waals surface area (Å²) in [6.45, 7) is 3.88. The molecule has 3 aromatic rings. The van der Waals surface area contributed by atoms with Crippen LogP contribution in [0.5, 0.6) is 11.6 Å². The van der Waals surface area contributed by atoms with Gasteiger partial charge in [0, 0.05) is 50.2 Å². The van der Waals surface area contributed by atoms with E-state index < -0.39 is 0 Å². The van der Waals surface area contributed by atoms with Gasteiger partial charge in [0.25, 0.3) is 5.91 Å². The lowest BCUT2D eigenvalue weighted by molar-refractivity contribution is 0.0698. The molecular weight excluding hydrogens is 373 g/mol. The number of carbonyl (C=O) groups is 1. The Morgan fingerprint density at radius 3 is 2.93 bits per heavy atom. The molecule has 1 aliphatic rings. The van der Waals surface area contributed by atoms with E-state index in [1.807, 2.05) is 13.1 Å². The summed E-state index contributed by atoms with van der Waals surface area (Å²) < 4.78 is 21.0. The van der Waals surface area contributed by atoms with Gasteiger partial charge in [-0.2, -0.15) is 5.10 Å². The molecule has 0 bridgehead atoms. The van der Waals surface area contributed by atoms with Crippen molar-refractivity contribution < 1.29 is 13.9 Å². The molecule has 0 spiro atoms. The third-order valence-electron chi connectivity index (χ3n) is 4.98. The Bertz CT molecular complexity index is 1010. The third kappa shape index (κ3) is 4.26. The van der Waals surface area contributed by atoms with E-state index >= 15 is 0 Å². The number of ether oxygens (including phenoxy) is 1. The van der Waals surface area contributed by atoms with Crippen LogP contribution in [0.25, 0.3) is 0 Å². The number of halogens is 1. The summed E-state index contributed by atoms with van der Waals surface area (Å²) in [5.41, 5.74) is 1.12. The maximum atomic E-state index is 13.5. The second kappa shape index (κ2) is 8.38. The average molecular weight is 395 g/mol. The number of carbonyl (C=O) groups excluding carboxylic acids is 1. The Hall–Kier alpha value is -3.29. The minimum Gasteiger partial charge on any atom is -0.437 e. The van der Waals surface area contributed by atoms with Gasteiger partial charge in [-0.05, 0) is 38.0 Å². The average Bonchev–Trinajstić information content (AvgIpc) is 3.23. The first-order valence-corrected chi connectivity index (χ1v) is 9.71. The van der Waals surface area contributed by atoms with Crippen molar-refractivity contribution in [2.75, 3.05) is 13.1 Å². The molecule has 1 amide bonds. The smallest absolute Gasteiger partial charge is 0.274 e. The van der Waals surface area contributed by atoms with Gasteiger partial charge in [0.05, 0.1) is 0 Å². The van der Waals surface area contributed by atoms with Crippen molar-refractivity contribution in [1.29, 1.82) is 0 Å². The summed E-state index contributed by atoms with van der Waals surface area (Å²) in [6, 6.07) is 7.66. The Morgan fingerprint density at radius 1 is 1.28 bits per heavy atom. The molecule has 1 aliphatic heterocycles. The van der Waals surface area contributed by atoms with Gasteiger partial charge >= 0.3 is 0 Å². The van der Waals surface area contributed by atoms with Gasteiger partial charge in [0.2, 0.25) is 5.88 Å². The highest BCUT2D eigenvalue weighted by Crippen LogP contribution is 2.33. The molecule has 1 aromatic carbocycles. The van der Waals surface area contributed by atoms with Crippen LogP contribution in [0.15, 0.2) is 48.9 Å². The molecule has 3 heterocycles. The monoisotopic (exact) mass is 395 g/mol. The normalized spacial score (nSPS) is 16.6. The molecule has 0 radical (unpaired) electrons. The molecule has 7 nitrogen and oxygen atoms in total. The molecule has 8 heteroatoms. The topological polar surface area (TPSA) is 73.1 Å². The standard InChI is InChI=1S/C21H22FN5O2/c1-2-27-12-8-18(25-27)21(28)26-11-4-5-15(14-26)19-20(24-10-9-23-19)29-17-7-3-6-16(22)13-17/h3,6-10,12-13,15H,2,4-5,11,14H2,1H3/t15-/m1/s1. The van der Waals surface area contributed by atoms with Crippen LogP contribution in [0, 0.1) is 5.82 Å². The van der Waals surface area contributed by atoms with Crippen molar-refractivity contribution in [2.24, 2.45) is 0 Å². The van der Waals surface area contributed by atoms with Gasteiger partial charge in [0.15, 0.2) is 0 Å². The molecule has 0 saturated carbocycles. The maximum absolute atomic E-state index is 13.5. The van der Waals surface area contributed by atoms with Gasteiger partial charge in [-0.15, -0.1) is 0 Å². The maximum Gasteiger partial charge on any atom is 0.274 e. The van der Waals surface area contributed by atoms with Crippen LogP contribution in [0.3, 0.4) is 0 Å². The summed E-state index contributed by atoms with van der Waals surface area (Å²) >= 11 is 0. The quantitative estimate of drug-likeness (QED) is 0.659. The van der Waals surface area contributed by atoms with Crippen LogP contribution >= 0.6 is 0 Å². The van der Waals surface area contributed by atoms with Gasteiger partial charge in [-0.25, -0.2) is 9.37 Å². The number of nitrogens with zero attached hydrogens (tertiary/aromatic N) is 5. The van der Waals surface area contributed by atoms with Gasteiger partial charge < -0.3 is 9.64 Å². The molecule has 0 unspecified atom stereocenters. The van der Waals surface area contributed by atoms with Crippen molar-refractivity contribution in [3.63, 3.8) is 0 Å². The number of aromatic nitrogens is 4. The summed E-state index contributed by atoms with van der Waals surface area (Å²) in [6.07, 6.45) is 6.67. The lowest BCUT2D eigenvalue weighted by atomic mass is 9.94. The Morgan fingerprint density at radius 2 is 2.14 bits per heavy atom. The SMILES string of the molecule is CCn1ccc(C(=O)N2CCC[C@@H](c3nccnc3Oc3cccc(F)c3)C2)n1. The van der Waals surface area contributed by atoms with Crippen molar-refractivity contribution >= 4 is 5.91 Å². The zero-order valence-electron chi connectivity index (χ0n) is 16.2. The van der Waals surface area contributed by atoms with E-state index in [1.165, 1.54) is 12.1 Å². The minimum absolute atomic E-state index is 0.0155. The molecule has 1 saturated heterocycles. The highest BCUT2D eigenvalue weighted by atomic mass is 19.1. The molecule has 29 heavy (non-hydrogen) atoms. The summed E-state index contributed by atoms with van der Waals surface area (Å²) in [4.78, 5) is 23.4. The van der Waals surface area contributed by atoms with Crippen LogP contribution in [0.1, 0.15) is 41.9 Å². The molecule has 1 atom stereocenters. The number of amides is 1. The molecule has 2 aromatic heterocycles. The fourth-order valence-corrected chi connectivity index (χ4v) is 3.54. The van der Waals surface area contributed by atoms with E-state index in [-0.39, 0.29) is 17.6 Å². The van der Waals surface area contributed by atoms with Gasteiger partial charge in [-0.1, -0.05) is 6.07 Å². The Labute approximate surface area is 168 Å². The van der Waals surface area contributed by atoms with Crippen molar-refractivity contribution in [2.45, 2.75) is 32.2 Å². The van der Waals surface area contributed by atoms with Crippen molar-refractivity contribution in [3.05, 3.63) is 66.1 Å². The third-order valence-corrected chi connectivity index (χ3v) is 4.98. The van der Waals surface area contributed by atoms with Gasteiger partial charge in [0.1, 0.15) is 23.0 Å². The number of hydrogen-bond donors (Lipinski definition) is 0. The van der Waals surface area contributed by atoms with E-state index in [9.17, 15) is 9.18 Å². The molecular formula is C21H22FN5O2. The van der Waals surface area contributed by atoms with E-state index in [4.69, 9.17) is 4.74 Å². The minimum atomic E-state index is -0.381. The molecule has 0 N–H and O–H groups in total. The second-order valence-corrected chi connectivity index (χ2v) is 6.95. The second-order valence-electron chi connectivity index (χ2n) is 6.95. The number of rotatable bonds is 5. The number of benzene rings is 1. The predicted molar refractivity (Wildman–Crippen MR) is 104 cm³/mol. The molecule has 1 fully saturated rings. The largest absolute Gasteiger partial charge is 0.437 e. The first-order chi connectivity index (χ1) is 14.1. The molecule has 150 valence electrons. The summed E-state index contributed by atoms with van der Waals surface area (Å²) in [5.74, 6) is 0.221. The zero-order valence-corrected chi connectivity index (χ0v) is 16.2. The molecule has 4 rings (SSSR count). The Kier molecular flexibility index (Phi) is 5.50. The van der Waals surface area contributed by atoms with Crippen LogP contribution in [0.2, 0.25) is 0 Å². The number of aryl methyl sites for hydroxylation is 1. The van der Waals surface area contributed by atoms with Crippen LogP contribution in [-0.4, -0.2) is 43.6 Å². The van der Waals surface area contributed by atoms with Crippen LogP contribution < -0.4 is 4.74 Å². The lowest BCUT2D eigenvalue weighted by Crippen LogP contribution is -2.39. The lowest BCUT2D eigenvalue weighted by Gasteiger charge is -2.32. The first-order valence-electron chi connectivity index (χ1n) is 9.71. The Balaban J connectivity index is 1.53. The number of piperidine rings is 1. The van der Waals surface area contributed by atoms with Gasteiger partial charge in [-0.3, -0.25) is 14.5 Å². The van der Waals surface area contributed by atoms with Crippen LogP contribution in [0.4, 0.5) is 4.39 Å². The highest BCUT2D eigenvalue weighted by Gasteiger charge is 2.29. The first kappa shape index (κ1) is 19.0. The zero-order chi connectivity index (χ0) is 20.2. The number of likely N-dealkylation sites (tertiary alicyclic amines) is 1. The molecule has 0 aliphatic carbocycles. The van der Waals surface area contributed by atoms with Crippen molar-refractivity contribution in [1.82, 2.24) is 24.6 Å². The fourth-order valence-electron chi connectivity index (χ4n) is 3.54. The van der Waals surface area contributed by atoms with E-state index in [2.05, 4.69) is 15.1 Å².